The molecule has 2 aliphatic carbocycles. The van der Waals surface area contributed by atoms with Gasteiger partial charge in [0.05, 0.1) is 17.8 Å². The molecule has 0 aliphatic heterocycles. The molecule has 0 bridgehead atoms. The smallest absolute Gasteiger partial charge is 0.328 e. The standard InChI is InChI=1S/C18H28O5/c1-10-8-11(2)15-13(9-10)17(22)16(21)12(3)18(15,23)7-5-4-6-14(19)20/h4-7,10-13,15-17,21-23H,8-9H2,1-3H3,(H,19,20)/b6-4+,7-5+/t10-,11+,12-,13-,15-,16+,17-,18+/m0/s1. The maximum absolute atomic E-state index is 11.3. The van der Waals surface area contributed by atoms with Crippen molar-refractivity contribution < 1.29 is 25.2 Å². The van der Waals surface area contributed by atoms with Crippen LogP contribution in [0.5, 0.6) is 0 Å². The fourth-order valence-corrected chi connectivity index (χ4v) is 4.80. The summed E-state index contributed by atoms with van der Waals surface area (Å²) in [5, 5.41) is 40.8. The van der Waals surface area contributed by atoms with E-state index in [1.165, 1.54) is 12.2 Å². The molecule has 8 atom stereocenters. The largest absolute Gasteiger partial charge is 0.478 e. The second-order valence-electron chi connectivity index (χ2n) is 7.46. The van der Waals surface area contributed by atoms with E-state index in [4.69, 9.17) is 5.11 Å². The van der Waals surface area contributed by atoms with Gasteiger partial charge in [-0.05, 0) is 36.5 Å². The zero-order valence-electron chi connectivity index (χ0n) is 14.0. The van der Waals surface area contributed by atoms with Crippen LogP contribution in [0.1, 0.15) is 33.6 Å². The van der Waals surface area contributed by atoms with Crippen molar-refractivity contribution in [3.63, 3.8) is 0 Å². The summed E-state index contributed by atoms with van der Waals surface area (Å²) >= 11 is 0. The maximum atomic E-state index is 11.3. The minimum absolute atomic E-state index is 0.151. The van der Waals surface area contributed by atoms with Crippen LogP contribution < -0.4 is 0 Å². The minimum Gasteiger partial charge on any atom is -0.478 e. The second kappa shape index (κ2) is 6.75. The van der Waals surface area contributed by atoms with E-state index in [0.29, 0.717) is 5.92 Å². The van der Waals surface area contributed by atoms with E-state index in [1.807, 2.05) is 0 Å². The highest BCUT2D eigenvalue weighted by Crippen LogP contribution is 2.52. The highest BCUT2D eigenvalue weighted by atomic mass is 16.4. The van der Waals surface area contributed by atoms with E-state index in [-0.39, 0.29) is 17.8 Å². The lowest BCUT2D eigenvalue weighted by Crippen LogP contribution is -2.64. The maximum Gasteiger partial charge on any atom is 0.328 e. The summed E-state index contributed by atoms with van der Waals surface area (Å²) in [7, 11) is 0. The first-order chi connectivity index (χ1) is 10.7. The monoisotopic (exact) mass is 324 g/mol. The number of carboxylic acids is 1. The average Bonchev–Trinajstić information content (AvgIpc) is 2.46. The van der Waals surface area contributed by atoms with Crippen molar-refractivity contribution in [2.24, 2.45) is 29.6 Å². The van der Waals surface area contributed by atoms with E-state index < -0.39 is 29.7 Å². The van der Waals surface area contributed by atoms with Gasteiger partial charge >= 0.3 is 5.97 Å². The Morgan fingerprint density at radius 3 is 2.35 bits per heavy atom. The third kappa shape index (κ3) is 3.37. The van der Waals surface area contributed by atoms with E-state index in [2.05, 4.69) is 13.8 Å². The Morgan fingerprint density at radius 1 is 1.09 bits per heavy atom. The minimum atomic E-state index is -1.26. The molecule has 0 heterocycles. The van der Waals surface area contributed by atoms with E-state index >= 15 is 0 Å². The van der Waals surface area contributed by atoms with Gasteiger partial charge in [-0.15, -0.1) is 0 Å². The molecule has 0 amide bonds. The molecule has 0 saturated heterocycles. The molecule has 0 spiro atoms. The summed E-state index contributed by atoms with van der Waals surface area (Å²) < 4.78 is 0. The Kier molecular flexibility index (Phi) is 5.33. The lowest BCUT2D eigenvalue weighted by Gasteiger charge is -2.56. The van der Waals surface area contributed by atoms with Gasteiger partial charge in [-0.25, -0.2) is 4.79 Å². The van der Waals surface area contributed by atoms with Gasteiger partial charge in [-0.1, -0.05) is 39.0 Å². The number of aliphatic hydroxyl groups is 3. The van der Waals surface area contributed by atoms with Crippen molar-refractivity contribution in [3.8, 4) is 0 Å². The zero-order chi connectivity index (χ0) is 17.4. The average molecular weight is 324 g/mol. The van der Waals surface area contributed by atoms with Crippen LogP contribution in [0.2, 0.25) is 0 Å². The molecule has 0 aromatic carbocycles. The molecule has 5 heteroatoms. The summed E-state index contributed by atoms with van der Waals surface area (Å²) in [4.78, 5) is 10.5. The van der Waals surface area contributed by atoms with Crippen molar-refractivity contribution in [3.05, 3.63) is 24.3 Å². The van der Waals surface area contributed by atoms with Crippen LogP contribution in [0.25, 0.3) is 0 Å². The van der Waals surface area contributed by atoms with E-state index in [0.717, 1.165) is 18.9 Å². The lowest BCUT2D eigenvalue weighted by molar-refractivity contribution is -0.207. The van der Waals surface area contributed by atoms with Gasteiger partial charge in [0.15, 0.2) is 0 Å². The Morgan fingerprint density at radius 2 is 1.74 bits per heavy atom. The van der Waals surface area contributed by atoms with Crippen LogP contribution in [0.3, 0.4) is 0 Å². The van der Waals surface area contributed by atoms with Gasteiger partial charge in [0.25, 0.3) is 0 Å². The Hall–Kier alpha value is -1.17. The number of carboxylic acid groups (broad SMARTS) is 1. The molecule has 0 unspecified atom stereocenters. The van der Waals surface area contributed by atoms with Crippen LogP contribution in [0.4, 0.5) is 0 Å². The fourth-order valence-electron chi connectivity index (χ4n) is 4.80. The molecule has 0 aromatic heterocycles. The van der Waals surface area contributed by atoms with Crippen molar-refractivity contribution in [2.45, 2.75) is 51.4 Å². The van der Waals surface area contributed by atoms with Crippen molar-refractivity contribution in [1.29, 1.82) is 0 Å². The van der Waals surface area contributed by atoms with Crippen LogP contribution in [-0.4, -0.2) is 44.2 Å². The van der Waals surface area contributed by atoms with Crippen molar-refractivity contribution in [2.75, 3.05) is 0 Å². The summed E-state index contributed by atoms with van der Waals surface area (Å²) in [5.41, 5.74) is -1.26. The summed E-state index contributed by atoms with van der Waals surface area (Å²) in [5.74, 6) is -1.22. The quantitative estimate of drug-likeness (QED) is 0.467. The molecule has 23 heavy (non-hydrogen) atoms. The first-order valence-electron chi connectivity index (χ1n) is 8.35. The molecule has 2 fully saturated rings. The number of allylic oxidation sites excluding steroid dienone is 2. The van der Waals surface area contributed by atoms with Crippen LogP contribution in [0.15, 0.2) is 24.3 Å². The number of rotatable bonds is 3. The highest BCUT2D eigenvalue weighted by molar-refractivity contribution is 5.80. The number of hydrogen-bond acceptors (Lipinski definition) is 4. The highest BCUT2D eigenvalue weighted by Gasteiger charge is 2.58. The van der Waals surface area contributed by atoms with Gasteiger partial charge in [-0.3, -0.25) is 0 Å². The van der Waals surface area contributed by atoms with Crippen molar-refractivity contribution >= 4 is 5.97 Å². The summed E-state index contributed by atoms with van der Waals surface area (Å²) in [6.07, 6.45) is 5.42. The summed E-state index contributed by atoms with van der Waals surface area (Å²) in [6, 6.07) is 0. The second-order valence-corrected chi connectivity index (χ2v) is 7.46. The fraction of sp³-hybridized carbons (Fsp3) is 0.722. The Labute approximate surface area is 137 Å². The number of aliphatic hydroxyl groups excluding tert-OH is 2. The van der Waals surface area contributed by atoms with Gasteiger partial charge in [0.1, 0.15) is 0 Å². The predicted molar refractivity (Wildman–Crippen MR) is 86.6 cm³/mol. The first-order valence-corrected chi connectivity index (χ1v) is 8.35. The number of fused-ring (bicyclic) bond motifs is 1. The van der Waals surface area contributed by atoms with Gasteiger partial charge in [0.2, 0.25) is 0 Å². The molecule has 130 valence electrons. The molecule has 2 rings (SSSR count). The number of hydrogen-bond donors (Lipinski definition) is 4. The van der Waals surface area contributed by atoms with E-state index in [9.17, 15) is 20.1 Å². The molecule has 4 N–H and O–H groups in total. The van der Waals surface area contributed by atoms with Crippen LogP contribution in [0, 0.1) is 29.6 Å². The van der Waals surface area contributed by atoms with Crippen LogP contribution in [-0.2, 0) is 4.79 Å². The van der Waals surface area contributed by atoms with Crippen molar-refractivity contribution in [1.82, 2.24) is 0 Å². The SMILES string of the molecule is C[C@@H]1C[C@@H]2[C@H](O)[C@H](O)[C@H](C)[C@](O)(/C=C/C=C/C(=O)O)[C@H]2[C@H](C)C1. The predicted octanol–water partition coefficient (Wildman–Crippen LogP) is 1.58. The Balaban J connectivity index is 2.35. The molecule has 2 saturated carbocycles. The summed E-state index contributed by atoms with van der Waals surface area (Å²) in [6.45, 7) is 5.95. The normalized spacial score (nSPS) is 47.8. The molecule has 0 aromatic rings. The number of aliphatic carboxylic acids is 1. The third-order valence-corrected chi connectivity index (χ3v) is 5.80. The molecular weight excluding hydrogens is 296 g/mol. The van der Waals surface area contributed by atoms with Crippen LogP contribution >= 0.6 is 0 Å². The first kappa shape index (κ1) is 18.2. The molecule has 2 aliphatic rings. The zero-order valence-corrected chi connectivity index (χ0v) is 14.0. The number of carbonyl (C=O) groups is 1. The molecule has 0 radical (unpaired) electrons. The topological polar surface area (TPSA) is 98.0 Å². The lowest BCUT2D eigenvalue weighted by atomic mass is 9.53. The molecule has 5 nitrogen and oxygen atoms in total. The molecular formula is C18H28O5. The van der Waals surface area contributed by atoms with Gasteiger partial charge in [0, 0.05) is 12.0 Å². The van der Waals surface area contributed by atoms with Gasteiger partial charge < -0.3 is 20.4 Å². The van der Waals surface area contributed by atoms with E-state index in [1.54, 1.807) is 13.0 Å². The van der Waals surface area contributed by atoms with Gasteiger partial charge in [-0.2, -0.15) is 0 Å². The third-order valence-electron chi connectivity index (χ3n) is 5.80. The Bertz CT molecular complexity index is 500.